The Bertz CT molecular complexity index is 282. The molecule has 1 saturated heterocycles. The van der Waals surface area contributed by atoms with Gasteiger partial charge < -0.3 is 10.2 Å². The van der Waals surface area contributed by atoms with Crippen LogP contribution >= 0.6 is 0 Å². The SMILES string of the molecule is CC1(CN2CC(=O)NCC2=O)CCCC1. The third-order valence-corrected chi connectivity index (χ3v) is 3.51. The predicted octanol–water partition coefficient (Wildman–Crippen LogP) is 0.525. The van der Waals surface area contributed by atoms with Crippen molar-refractivity contribution in [2.75, 3.05) is 19.6 Å². The molecule has 0 bridgehead atoms. The van der Waals surface area contributed by atoms with Crippen molar-refractivity contribution in [1.82, 2.24) is 10.2 Å². The fraction of sp³-hybridized carbons (Fsp3) is 0.818. The predicted molar refractivity (Wildman–Crippen MR) is 56.2 cm³/mol. The summed E-state index contributed by atoms with van der Waals surface area (Å²) in [7, 11) is 0. The van der Waals surface area contributed by atoms with Crippen molar-refractivity contribution >= 4 is 11.8 Å². The minimum Gasteiger partial charge on any atom is -0.345 e. The van der Waals surface area contributed by atoms with Crippen LogP contribution in [0.25, 0.3) is 0 Å². The molecule has 0 radical (unpaired) electrons. The topological polar surface area (TPSA) is 49.4 Å². The zero-order chi connectivity index (χ0) is 10.9. The zero-order valence-corrected chi connectivity index (χ0v) is 9.21. The number of carbonyl (C=O) groups is 2. The van der Waals surface area contributed by atoms with E-state index in [4.69, 9.17) is 0 Å². The molecular formula is C11H18N2O2. The standard InChI is InChI=1S/C11H18N2O2/c1-11(4-2-3-5-11)8-13-7-9(14)12-6-10(13)15/h2-8H2,1H3,(H,12,14). The Hall–Kier alpha value is -1.06. The van der Waals surface area contributed by atoms with Crippen LogP contribution in [0.2, 0.25) is 0 Å². The zero-order valence-electron chi connectivity index (χ0n) is 9.21. The summed E-state index contributed by atoms with van der Waals surface area (Å²) in [6, 6.07) is 0. The highest BCUT2D eigenvalue weighted by Gasteiger charge is 2.34. The lowest BCUT2D eigenvalue weighted by atomic mass is 9.88. The summed E-state index contributed by atoms with van der Waals surface area (Å²) < 4.78 is 0. The van der Waals surface area contributed by atoms with E-state index in [0.717, 1.165) is 6.54 Å². The molecule has 84 valence electrons. The van der Waals surface area contributed by atoms with Gasteiger partial charge in [0.2, 0.25) is 11.8 Å². The largest absolute Gasteiger partial charge is 0.345 e. The van der Waals surface area contributed by atoms with Crippen LogP contribution in [-0.4, -0.2) is 36.3 Å². The number of hydrogen-bond donors (Lipinski definition) is 1. The van der Waals surface area contributed by atoms with Gasteiger partial charge in [0, 0.05) is 6.54 Å². The van der Waals surface area contributed by atoms with E-state index in [1.54, 1.807) is 4.90 Å². The summed E-state index contributed by atoms with van der Waals surface area (Å²) in [6.45, 7) is 3.39. The van der Waals surface area contributed by atoms with Crippen molar-refractivity contribution in [2.24, 2.45) is 5.41 Å². The Labute approximate surface area is 90.0 Å². The molecule has 2 rings (SSSR count). The van der Waals surface area contributed by atoms with E-state index in [9.17, 15) is 9.59 Å². The Balaban J connectivity index is 1.97. The maximum Gasteiger partial charge on any atom is 0.242 e. The number of rotatable bonds is 2. The lowest BCUT2D eigenvalue weighted by molar-refractivity contribution is -0.141. The van der Waals surface area contributed by atoms with Gasteiger partial charge in [-0.1, -0.05) is 19.8 Å². The average molecular weight is 210 g/mol. The number of nitrogens with one attached hydrogen (secondary N) is 1. The van der Waals surface area contributed by atoms with Crippen molar-refractivity contribution in [3.63, 3.8) is 0 Å². The second kappa shape index (κ2) is 3.83. The van der Waals surface area contributed by atoms with Gasteiger partial charge in [-0.15, -0.1) is 0 Å². The van der Waals surface area contributed by atoms with Gasteiger partial charge >= 0.3 is 0 Å². The smallest absolute Gasteiger partial charge is 0.242 e. The van der Waals surface area contributed by atoms with Crippen molar-refractivity contribution in [3.8, 4) is 0 Å². The van der Waals surface area contributed by atoms with Crippen LogP contribution in [0, 0.1) is 5.41 Å². The molecule has 0 aromatic heterocycles. The monoisotopic (exact) mass is 210 g/mol. The first-order chi connectivity index (χ1) is 7.09. The van der Waals surface area contributed by atoms with Crippen LogP contribution in [0.5, 0.6) is 0 Å². The van der Waals surface area contributed by atoms with E-state index in [2.05, 4.69) is 12.2 Å². The third kappa shape index (κ3) is 2.30. The van der Waals surface area contributed by atoms with Crippen molar-refractivity contribution in [1.29, 1.82) is 0 Å². The van der Waals surface area contributed by atoms with Crippen LogP contribution in [-0.2, 0) is 9.59 Å². The van der Waals surface area contributed by atoms with Gasteiger partial charge in [0.1, 0.15) is 0 Å². The molecule has 1 aliphatic heterocycles. The van der Waals surface area contributed by atoms with Gasteiger partial charge in [0.15, 0.2) is 0 Å². The number of nitrogens with zero attached hydrogens (tertiary/aromatic N) is 1. The van der Waals surface area contributed by atoms with Crippen molar-refractivity contribution in [3.05, 3.63) is 0 Å². The van der Waals surface area contributed by atoms with Gasteiger partial charge in [0.05, 0.1) is 13.1 Å². The van der Waals surface area contributed by atoms with E-state index >= 15 is 0 Å². The highest BCUT2D eigenvalue weighted by atomic mass is 16.2. The molecule has 1 saturated carbocycles. The summed E-state index contributed by atoms with van der Waals surface area (Å²) in [4.78, 5) is 24.5. The highest BCUT2D eigenvalue weighted by molar-refractivity contribution is 5.92. The van der Waals surface area contributed by atoms with E-state index in [1.807, 2.05) is 0 Å². The van der Waals surface area contributed by atoms with Crippen molar-refractivity contribution in [2.45, 2.75) is 32.6 Å². The molecule has 0 aromatic carbocycles. The Morgan fingerprint density at radius 3 is 2.67 bits per heavy atom. The Morgan fingerprint density at radius 2 is 2.00 bits per heavy atom. The molecule has 0 spiro atoms. The highest BCUT2D eigenvalue weighted by Crippen LogP contribution is 2.38. The summed E-state index contributed by atoms with van der Waals surface area (Å²) >= 11 is 0. The molecule has 4 heteroatoms. The lowest BCUT2D eigenvalue weighted by Crippen LogP contribution is -2.53. The third-order valence-electron chi connectivity index (χ3n) is 3.51. The first-order valence-corrected chi connectivity index (χ1v) is 5.64. The molecule has 1 N–H and O–H groups in total. The van der Waals surface area contributed by atoms with Crippen LogP contribution in [0.4, 0.5) is 0 Å². The molecule has 2 aliphatic rings. The van der Waals surface area contributed by atoms with E-state index in [-0.39, 0.29) is 30.3 Å². The second-order valence-corrected chi connectivity index (χ2v) is 5.04. The molecule has 4 nitrogen and oxygen atoms in total. The average Bonchev–Trinajstić information content (AvgIpc) is 2.59. The number of hydrogen-bond acceptors (Lipinski definition) is 2. The first kappa shape index (κ1) is 10.5. The number of carbonyl (C=O) groups excluding carboxylic acids is 2. The summed E-state index contributed by atoms with van der Waals surface area (Å²) in [5, 5.41) is 2.57. The fourth-order valence-corrected chi connectivity index (χ4v) is 2.59. The minimum absolute atomic E-state index is 0.0313. The van der Waals surface area contributed by atoms with Crippen LogP contribution in [0.3, 0.4) is 0 Å². The molecule has 0 aromatic rings. The summed E-state index contributed by atoms with van der Waals surface area (Å²) in [5.74, 6) is 0.0268. The van der Waals surface area contributed by atoms with Gasteiger partial charge in [-0.3, -0.25) is 9.59 Å². The molecule has 15 heavy (non-hydrogen) atoms. The quantitative estimate of drug-likeness (QED) is 0.722. The van der Waals surface area contributed by atoms with E-state index in [1.165, 1.54) is 25.7 Å². The first-order valence-electron chi connectivity index (χ1n) is 5.64. The van der Waals surface area contributed by atoms with Gasteiger partial charge in [-0.05, 0) is 18.3 Å². The van der Waals surface area contributed by atoms with Crippen LogP contribution < -0.4 is 5.32 Å². The number of amides is 2. The minimum atomic E-state index is -0.0313. The second-order valence-electron chi connectivity index (χ2n) is 5.04. The van der Waals surface area contributed by atoms with Crippen LogP contribution in [0.1, 0.15) is 32.6 Å². The molecular weight excluding hydrogens is 192 g/mol. The van der Waals surface area contributed by atoms with E-state index < -0.39 is 0 Å². The van der Waals surface area contributed by atoms with Crippen molar-refractivity contribution < 1.29 is 9.59 Å². The molecule has 1 aliphatic carbocycles. The molecule has 2 amide bonds. The Morgan fingerprint density at radius 1 is 1.33 bits per heavy atom. The summed E-state index contributed by atoms with van der Waals surface area (Å²) in [6.07, 6.45) is 4.87. The molecule has 1 heterocycles. The van der Waals surface area contributed by atoms with Gasteiger partial charge in [-0.25, -0.2) is 0 Å². The lowest BCUT2D eigenvalue weighted by Gasteiger charge is -2.34. The molecule has 0 unspecified atom stereocenters. The normalized spacial score (nSPS) is 25.5. The molecule has 2 fully saturated rings. The van der Waals surface area contributed by atoms with Gasteiger partial charge in [0.25, 0.3) is 0 Å². The fourth-order valence-electron chi connectivity index (χ4n) is 2.59. The van der Waals surface area contributed by atoms with Gasteiger partial charge in [-0.2, -0.15) is 0 Å². The number of piperazine rings is 1. The summed E-state index contributed by atoms with van der Waals surface area (Å²) in [5.41, 5.74) is 0.243. The Kier molecular flexibility index (Phi) is 2.67. The molecule has 0 atom stereocenters. The maximum atomic E-state index is 11.6. The maximum absolute atomic E-state index is 11.6. The van der Waals surface area contributed by atoms with E-state index in [0.29, 0.717) is 0 Å². The van der Waals surface area contributed by atoms with Crippen LogP contribution in [0.15, 0.2) is 0 Å².